The first-order chi connectivity index (χ1) is 16.8. The van der Waals surface area contributed by atoms with E-state index in [0.717, 1.165) is 18.7 Å². The van der Waals surface area contributed by atoms with Crippen molar-refractivity contribution in [2.45, 2.75) is 33.7 Å². The average Bonchev–Trinajstić information content (AvgIpc) is 3.34. The van der Waals surface area contributed by atoms with E-state index in [-0.39, 0.29) is 11.3 Å². The van der Waals surface area contributed by atoms with E-state index in [2.05, 4.69) is 23.7 Å². The zero-order valence-electron chi connectivity index (χ0n) is 20.9. The maximum absolute atomic E-state index is 13.4. The van der Waals surface area contributed by atoms with Gasteiger partial charge in [-0.3, -0.25) is 9.59 Å². The van der Waals surface area contributed by atoms with Gasteiger partial charge in [0.05, 0.1) is 24.4 Å². The van der Waals surface area contributed by atoms with Crippen LogP contribution in [0, 0.1) is 13.8 Å². The number of imidazole rings is 1. The molecule has 3 aromatic rings. The van der Waals surface area contributed by atoms with Gasteiger partial charge in [0.2, 0.25) is 0 Å². The molecule has 35 heavy (non-hydrogen) atoms. The molecule has 0 bridgehead atoms. The fraction of sp³-hybridized carbons (Fsp3) is 0.370. The highest BCUT2D eigenvalue weighted by Gasteiger charge is 2.46. The highest BCUT2D eigenvalue weighted by Crippen LogP contribution is 2.40. The number of Topliss-reactive ketones (excluding diaryl/α,β-unsaturated/α-hetero) is 1. The van der Waals surface area contributed by atoms with E-state index in [1.165, 1.54) is 0 Å². The van der Waals surface area contributed by atoms with E-state index in [4.69, 9.17) is 4.74 Å². The Bertz CT molecular complexity index is 1310. The van der Waals surface area contributed by atoms with E-state index < -0.39 is 17.7 Å². The summed E-state index contributed by atoms with van der Waals surface area (Å²) >= 11 is 0. The third-order valence-corrected chi connectivity index (χ3v) is 6.81. The minimum Gasteiger partial charge on any atom is -0.505 e. The molecule has 184 valence electrons. The molecule has 0 saturated carbocycles. The summed E-state index contributed by atoms with van der Waals surface area (Å²) in [4.78, 5) is 35.0. The summed E-state index contributed by atoms with van der Waals surface area (Å²) in [6, 6.07) is 10.4. The fourth-order valence-corrected chi connectivity index (χ4v) is 4.73. The molecule has 1 aliphatic rings. The second-order valence-corrected chi connectivity index (χ2v) is 8.73. The van der Waals surface area contributed by atoms with Gasteiger partial charge in [-0.05, 0) is 56.3 Å². The number of likely N-dealkylation sites (tertiary alicyclic amines) is 1. The van der Waals surface area contributed by atoms with Crippen molar-refractivity contribution in [3.63, 3.8) is 0 Å². The summed E-state index contributed by atoms with van der Waals surface area (Å²) in [5.74, 6) is -0.981. The van der Waals surface area contributed by atoms with Gasteiger partial charge in [0.1, 0.15) is 17.1 Å². The van der Waals surface area contributed by atoms with E-state index in [1.807, 2.05) is 48.7 Å². The topological polar surface area (TPSA) is 87.4 Å². The smallest absolute Gasteiger partial charge is 0.295 e. The molecule has 1 unspecified atom stereocenters. The Kier molecular flexibility index (Phi) is 6.93. The summed E-state index contributed by atoms with van der Waals surface area (Å²) in [6.45, 7) is 10.5. The fourth-order valence-electron chi connectivity index (χ4n) is 4.73. The molecule has 1 aromatic carbocycles. The molecule has 1 aliphatic heterocycles. The largest absolute Gasteiger partial charge is 0.505 e. The quantitative estimate of drug-likeness (QED) is 0.303. The maximum atomic E-state index is 13.4. The number of fused-ring (bicyclic) bond motifs is 1. The molecule has 0 radical (unpaired) electrons. The molecule has 8 nitrogen and oxygen atoms in total. The highest BCUT2D eigenvalue weighted by atomic mass is 16.5. The number of hydrogen-bond donors (Lipinski definition) is 1. The number of aliphatic hydroxyl groups excluding tert-OH is 1. The number of ether oxygens (including phenoxy) is 1. The third-order valence-electron chi connectivity index (χ3n) is 6.81. The molecule has 1 N–H and O–H groups in total. The Morgan fingerprint density at radius 3 is 2.54 bits per heavy atom. The van der Waals surface area contributed by atoms with Crippen LogP contribution in [0.3, 0.4) is 0 Å². The Morgan fingerprint density at radius 1 is 1.14 bits per heavy atom. The van der Waals surface area contributed by atoms with Crippen molar-refractivity contribution in [2.24, 2.45) is 0 Å². The van der Waals surface area contributed by atoms with Crippen molar-refractivity contribution in [2.75, 3.05) is 33.3 Å². The number of ketones is 1. The van der Waals surface area contributed by atoms with Crippen LogP contribution >= 0.6 is 0 Å². The molecule has 4 rings (SSSR count). The van der Waals surface area contributed by atoms with Crippen LogP contribution < -0.4 is 4.74 Å². The van der Waals surface area contributed by atoms with Crippen LogP contribution in [0.4, 0.5) is 0 Å². The number of carbonyl (C=O) groups excluding carboxylic acids is 2. The van der Waals surface area contributed by atoms with Crippen molar-refractivity contribution < 1.29 is 19.4 Å². The van der Waals surface area contributed by atoms with Crippen molar-refractivity contribution >= 4 is 23.1 Å². The number of likely N-dealkylation sites (N-methyl/N-ethyl adjacent to an activating group) is 1. The van der Waals surface area contributed by atoms with E-state index in [9.17, 15) is 14.7 Å². The second kappa shape index (κ2) is 9.92. The first-order valence-corrected chi connectivity index (χ1v) is 11.9. The monoisotopic (exact) mass is 476 g/mol. The summed E-state index contributed by atoms with van der Waals surface area (Å²) in [7, 11) is 1.57. The van der Waals surface area contributed by atoms with Crippen molar-refractivity contribution in [1.29, 1.82) is 0 Å². The minimum atomic E-state index is -0.744. The van der Waals surface area contributed by atoms with Crippen molar-refractivity contribution in [1.82, 2.24) is 19.2 Å². The molecular formula is C27H32N4O4. The number of aryl methyl sites for hydroxylation is 2. The zero-order valence-corrected chi connectivity index (χ0v) is 20.9. The highest BCUT2D eigenvalue weighted by molar-refractivity contribution is 6.46. The van der Waals surface area contributed by atoms with E-state index in [0.29, 0.717) is 41.4 Å². The van der Waals surface area contributed by atoms with Gasteiger partial charge in [0.25, 0.3) is 11.7 Å². The summed E-state index contributed by atoms with van der Waals surface area (Å²) < 4.78 is 7.27. The van der Waals surface area contributed by atoms with Gasteiger partial charge in [0.15, 0.2) is 5.76 Å². The number of nitrogens with zero attached hydrogens (tertiary/aromatic N) is 4. The number of aliphatic hydroxyl groups is 1. The number of amides is 1. The molecule has 1 saturated heterocycles. The lowest BCUT2D eigenvalue weighted by atomic mass is 9.96. The molecule has 2 aromatic heterocycles. The first-order valence-electron chi connectivity index (χ1n) is 11.9. The van der Waals surface area contributed by atoms with Crippen LogP contribution in [0.25, 0.3) is 11.4 Å². The lowest BCUT2D eigenvalue weighted by molar-refractivity contribution is -0.140. The average molecular weight is 477 g/mol. The van der Waals surface area contributed by atoms with E-state index in [1.54, 1.807) is 24.1 Å². The molecule has 0 spiro atoms. The Morgan fingerprint density at radius 2 is 1.89 bits per heavy atom. The first kappa shape index (κ1) is 24.5. The van der Waals surface area contributed by atoms with Crippen molar-refractivity contribution in [3.05, 3.63) is 70.7 Å². The van der Waals surface area contributed by atoms with Crippen LogP contribution in [-0.2, 0) is 9.59 Å². The van der Waals surface area contributed by atoms with Gasteiger partial charge in [0, 0.05) is 19.3 Å². The Balaban J connectivity index is 1.88. The standard InChI is InChI=1S/C27H32N4O4/c1-6-29(7-2)14-15-31-23(19-11-8-12-20(16-19)35-5)21(25(33)27(31)34)24(32)22-18(4)30-13-9-10-17(3)26(30)28-22/h8-13,16,23,32H,6-7,14-15H2,1-5H3/b24-21+. The normalized spacial score (nSPS) is 17.7. The molecule has 1 amide bonds. The summed E-state index contributed by atoms with van der Waals surface area (Å²) in [6.07, 6.45) is 1.86. The summed E-state index contributed by atoms with van der Waals surface area (Å²) in [5, 5.41) is 11.5. The molecule has 8 heteroatoms. The van der Waals surface area contributed by atoms with E-state index >= 15 is 0 Å². The number of pyridine rings is 1. The van der Waals surface area contributed by atoms with Crippen LogP contribution in [0.5, 0.6) is 5.75 Å². The van der Waals surface area contributed by atoms with Gasteiger partial charge in [-0.2, -0.15) is 0 Å². The number of methoxy groups -OCH3 is 1. The number of aromatic nitrogens is 2. The zero-order chi connectivity index (χ0) is 25.3. The molecular weight excluding hydrogens is 444 g/mol. The third kappa shape index (κ3) is 4.30. The predicted octanol–water partition coefficient (Wildman–Crippen LogP) is 3.72. The van der Waals surface area contributed by atoms with Crippen molar-refractivity contribution in [3.8, 4) is 5.75 Å². The Labute approximate surface area is 205 Å². The van der Waals surface area contributed by atoms with Gasteiger partial charge in [-0.1, -0.05) is 32.0 Å². The number of rotatable bonds is 8. The predicted molar refractivity (Wildman–Crippen MR) is 134 cm³/mol. The number of carbonyl (C=O) groups is 2. The minimum absolute atomic E-state index is 0.0481. The van der Waals surface area contributed by atoms with Gasteiger partial charge >= 0.3 is 0 Å². The van der Waals surface area contributed by atoms with Gasteiger partial charge < -0.3 is 24.0 Å². The summed E-state index contributed by atoms with van der Waals surface area (Å²) in [5.41, 5.74) is 3.38. The molecule has 3 heterocycles. The van der Waals surface area contributed by atoms with Crippen LogP contribution in [-0.4, -0.2) is 69.3 Å². The van der Waals surface area contributed by atoms with Crippen LogP contribution in [0.2, 0.25) is 0 Å². The number of hydrogen-bond acceptors (Lipinski definition) is 6. The maximum Gasteiger partial charge on any atom is 0.295 e. The lowest BCUT2D eigenvalue weighted by Gasteiger charge is -2.28. The molecule has 1 atom stereocenters. The lowest BCUT2D eigenvalue weighted by Crippen LogP contribution is -2.38. The van der Waals surface area contributed by atoms with Crippen LogP contribution in [0.1, 0.15) is 42.4 Å². The SMILES string of the molecule is CCN(CC)CCN1C(=O)C(=O)/C(=C(/O)c2nc3c(C)cccn3c2C)C1c1cccc(OC)c1. The molecule has 1 fully saturated rings. The van der Waals surface area contributed by atoms with Gasteiger partial charge in [-0.15, -0.1) is 0 Å². The second-order valence-electron chi connectivity index (χ2n) is 8.73. The Hall–Kier alpha value is -3.65. The number of benzene rings is 1. The van der Waals surface area contributed by atoms with Gasteiger partial charge in [-0.25, -0.2) is 4.98 Å². The molecule has 0 aliphatic carbocycles. The van der Waals surface area contributed by atoms with Crippen LogP contribution in [0.15, 0.2) is 48.2 Å².